The highest BCUT2D eigenvalue weighted by molar-refractivity contribution is 5.62. The second-order valence-electron chi connectivity index (χ2n) is 10.3. The van der Waals surface area contributed by atoms with Crippen LogP contribution >= 0.6 is 0 Å². The van der Waals surface area contributed by atoms with Crippen molar-refractivity contribution in [3.8, 4) is 17.2 Å². The largest absolute Gasteiger partial charge is 0.508 e. The Morgan fingerprint density at radius 1 is 0.595 bits per heavy atom. The molecule has 0 aliphatic heterocycles. The average Bonchev–Trinajstić information content (AvgIpc) is 2.94. The van der Waals surface area contributed by atoms with Crippen LogP contribution in [-0.2, 0) is 5.41 Å². The van der Waals surface area contributed by atoms with Crippen LogP contribution in [0, 0.1) is 5.92 Å². The van der Waals surface area contributed by atoms with Gasteiger partial charge < -0.3 is 15.3 Å². The van der Waals surface area contributed by atoms with E-state index in [1.165, 1.54) is 6.42 Å². The lowest BCUT2D eigenvalue weighted by Gasteiger charge is -2.46. The van der Waals surface area contributed by atoms with Gasteiger partial charge in [0.05, 0.1) is 5.41 Å². The molecule has 0 bridgehead atoms. The molecule has 1 unspecified atom stereocenters. The van der Waals surface area contributed by atoms with E-state index in [-0.39, 0.29) is 29.1 Å². The van der Waals surface area contributed by atoms with Crippen molar-refractivity contribution >= 4 is 0 Å². The van der Waals surface area contributed by atoms with Gasteiger partial charge in [0.15, 0.2) is 0 Å². The van der Waals surface area contributed by atoms with Crippen LogP contribution < -0.4 is 0 Å². The highest BCUT2D eigenvalue weighted by Crippen LogP contribution is 2.56. The zero-order chi connectivity index (χ0) is 25.8. The van der Waals surface area contributed by atoms with Crippen molar-refractivity contribution in [3.63, 3.8) is 0 Å². The summed E-state index contributed by atoms with van der Waals surface area (Å²) in [4.78, 5) is 0. The lowest BCUT2D eigenvalue weighted by molar-refractivity contribution is 0.259. The fourth-order valence-corrected chi connectivity index (χ4v) is 6.79. The van der Waals surface area contributed by atoms with E-state index in [0.717, 1.165) is 59.9 Å². The molecule has 3 nitrogen and oxygen atoms in total. The van der Waals surface area contributed by atoms with Crippen LogP contribution in [0.15, 0.2) is 97.1 Å². The Morgan fingerprint density at radius 3 is 1.57 bits per heavy atom. The molecule has 4 aromatic carbocycles. The van der Waals surface area contributed by atoms with E-state index >= 15 is 0 Å². The highest BCUT2D eigenvalue weighted by Gasteiger charge is 2.48. The Kier molecular flexibility index (Phi) is 7.23. The maximum absolute atomic E-state index is 11.4. The fourth-order valence-electron chi connectivity index (χ4n) is 6.79. The standard InChI is InChI=1S/C34H36O3/c1-2-25(27-17-7-11-21-31(27)35)26-16-6-8-18-28(26)34(24-14-4-3-5-15-24,29-19-9-12-22-32(29)36)30-20-10-13-23-33(30)37/h6-13,16-25,35-37H,2-5,14-15H2,1H3. The summed E-state index contributed by atoms with van der Waals surface area (Å²) in [6.45, 7) is 2.15. The molecule has 3 heteroatoms. The summed E-state index contributed by atoms with van der Waals surface area (Å²) in [5, 5.41) is 33.7. The maximum Gasteiger partial charge on any atom is 0.120 e. The molecule has 1 saturated carbocycles. The van der Waals surface area contributed by atoms with Crippen LogP contribution in [0.4, 0.5) is 0 Å². The molecule has 1 aliphatic carbocycles. The zero-order valence-corrected chi connectivity index (χ0v) is 21.5. The van der Waals surface area contributed by atoms with Gasteiger partial charge in [0.1, 0.15) is 17.2 Å². The van der Waals surface area contributed by atoms with Gasteiger partial charge >= 0.3 is 0 Å². The molecule has 1 atom stereocenters. The first kappa shape index (κ1) is 25.0. The molecule has 5 rings (SSSR count). The van der Waals surface area contributed by atoms with Crippen molar-refractivity contribution in [1.29, 1.82) is 0 Å². The molecule has 0 saturated heterocycles. The van der Waals surface area contributed by atoms with E-state index in [0.29, 0.717) is 0 Å². The predicted octanol–water partition coefficient (Wildman–Crippen LogP) is 8.26. The molecule has 190 valence electrons. The first-order chi connectivity index (χ1) is 18.1. The third-order valence-electron chi connectivity index (χ3n) is 8.36. The van der Waals surface area contributed by atoms with Crippen LogP contribution in [0.2, 0.25) is 0 Å². The summed E-state index contributed by atoms with van der Waals surface area (Å²) >= 11 is 0. The molecule has 0 heterocycles. The Morgan fingerprint density at radius 2 is 1.05 bits per heavy atom. The van der Waals surface area contributed by atoms with Crippen molar-refractivity contribution in [2.45, 2.75) is 56.8 Å². The fraction of sp³-hybridized carbons (Fsp3) is 0.294. The van der Waals surface area contributed by atoms with Gasteiger partial charge in [0.25, 0.3) is 0 Å². The van der Waals surface area contributed by atoms with Crippen LogP contribution in [0.3, 0.4) is 0 Å². The quantitative estimate of drug-likeness (QED) is 0.228. The number of phenols is 3. The number of phenolic OH excluding ortho intramolecular Hbond substituents is 3. The van der Waals surface area contributed by atoms with E-state index in [4.69, 9.17) is 0 Å². The van der Waals surface area contributed by atoms with E-state index in [2.05, 4.69) is 31.2 Å². The number of rotatable bonds is 7. The molecule has 0 radical (unpaired) electrons. The second kappa shape index (κ2) is 10.7. The van der Waals surface area contributed by atoms with Gasteiger partial charge in [0, 0.05) is 22.6 Å². The normalized spacial score (nSPS) is 15.4. The third kappa shape index (κ3) is 4.37. The molecule has 1 aliphatic rings. The van der Waals surface area contributed by atoms with Crippen molar-refractivity contribution in [1.82, 2.24) is 0 Å². The Hall–Kier alpha value is -3.72. The third-order valence-corrected chi connectivity index (χ3v) is 8.36. The molecular weight excluding hydrogens is 456 g/mol. The zero-order valence-electron chi connectivity index (χ0n) is 21.5. The smallest absolute Gasteiger partial charge is 0.120 e. The van der Waals surface area contributed by atoms with Crippen LogP contribution in [0.5, 0.6) is 17.2 Å². The topological polar surface area (TPSA) is 60.7 Å². The monoisotopic (exact) mass is 492 g/mol. The average molecular weight is 493 g/mol. The minimum absolute atomic E-state index is 0.0444. The summed E-state index contributed by atoms with van der Waals surface area (Å²) in [5.41, 5.74) is 3.98. The summed E-state index contributed by atoms with van der Waals surface area (Å²) in [7, 11) is 0. The van der Waals surface area contributed by atoms with E-state index in [1.54, 1.807) is 18.2 Å². The highest BCUT2D eigenvalue weighted by atomic mass is 16.3. The van der Waals surface area contributed by atoms with Crippen LogP contribution in [0.1, 0.15) is 79.2 Å². The number of hydrogen-bond acceptors (Lipinski definition) is 3. The van der Waals surface area contributed by atoms with Gasteiger partial charge in [-0.15, -0.1) is 0 Å². The van der Waals surface area contributed by atoms with Crippen LogP contribution in [-0.4, -0.2) is 15.3 Å². The summed E-state index contributed by atoms with van der Waals surface area (Å²) in [6.07, 6.45) is 6.25. The molecule has 1 fully saturated rings. The van der Waals surface area contributed by atoms with Crippen molar-refractivity contribution < 1.29 is 15.3 Å². The van der Waals surface area contributed by atoms with Gasteiger partial charge in [-0.25, -0.2) is 0 Å². The van der Waals surface area contributed by atoms with Gasteiger partial charge in [-0.05, 0) is 54.5 Å². The van der Waals surface area contributed by atoms with Crippen molar-refractivity contribution in [2.24, 2.45) is 5.92 Å². The molecule has 0 amide bonds. The molecule has 0 aromatic heterocycles. The number of benzene rings is 4. The van der Waals surface area contributed by atoms with E-state index in [1.807, 2.05) is 54.6 Å². The molecule has 0 spiro atoms. The molecule has 4 aromatic rings. The predicted molar refractivity (Wildman–Crippen MR) is 149 cm³/mol. The Labute approximate surface area is 220 Å². The van der Waals surface area contributed by atoms with Crippen molar-refractivity contribution in [3.05, 3.63) is 125 Å². The lowest BCUT2D eigenvalue weighted by Crippen LogP contribution is -2.40. The summed E-state index contributed by atoms with van der Waals surface area (Å²) in [5.74, 6) is 0.906. The lowest BCUT2D eigenvalue weighted by atomic mass is 9.56. The van der Waals surface area contributed by atoms with Gasteiger partial charge in [-0.3, -0.25) is 0 Å². The van der Waals surface area contributed by atoms with Gasteiger partial charge in [-0.1, -0.05) is 105 Å². The van der Waals surface area contributed by atoms with Crippen LogP contribution in [0.25, 0.3) is 0 Å². The van der Waals surface area contributed by atoms with Crippen molar-refractivity contribution in [2.75, 3.05) is 0 Å². The van der Waals surface area contributed by atoms with E-state index in [9.17, 15) is 15.3 Å². The molecule has 3 N–H and O–H groups in total. The number of aromatic hydroxyl groups is 3. The van der Waals surface area contributed by atoms with Gasteiger partial charge in [-0.2, -0.15) is 0 Å². The minimum atomic E-state index is -0.758. The number of hydrogen-bond donors (Lipinski definition) is 3. The first-order valence-electron chi connectivity index (χ1n) is 13.5. The maximum atomic E-state index is 11.4. The first-order valence-corrected chi connectivity index (χ1v) is 13.5. The van der Waals surface area contributed by atoms with Gasteiger partial charge in [0.2, 0.25) is 0 Å². The number of para-hydroxylation sites is 3. The second-order valence-corrected chi connectivity index (χ2v) is 10.3. The SMILES string of the molecule is CCC(c1ccccc1O)c1ccccc1C(c1ccccc1O)(c1ccccc1O)C1CCCCC1. The van der Waals surface area contributed by atoms with E-state index < -0.39 is 5.41 Å². The summed E-state index contributed by atoms with van der Waals surface area (Å²) < 4.78 is 0. The Bertz CT molecular complexity index is 1310. The Balaban J connectivity index is 1.89. The molecule has 37 heavy (non-hydrogen) atoms. The molecular formula is C34H36O3. The minimum Gasteiger partial charge on any atom is -0.508 e. The summed E-state index contributed by atoms with van der Waals surface area (Å²) in [6, 6.07) is 31.3.